The van der Waals surface area contributed by atoms with Crippen LogP contribution in [-0.4, -0.2) is 5.91 Å². The number of nitrogens with two attached hydrogens (primary N) is 1. The summed E-state index contributed by atoms with van der Waals surface area (Å²) in [6, 6.07) is 5.48. The zero-order chi connectivity index (χ0) is 12.9. The SMILES string of the molecule is NC(=O)c1cc2c(s1)-c1cc(Cl)cc(Cl)c1SC2. The minimum absolute atomic E-state index is 0.394. The van der Waals surface area contributed by atoms with Gasteiger partial charge in [0.2, 0.25) is 0 Å². The van der Waals surface area contributed by atoms with E-state index in [2.05, 4.69) is 0 Å². The lowest BCUT2D eigenvalue weighted by molar-refractivity contribution is 0.100. The molecule has 1 aliphatic heterocycles. The lowest BCUT2D eigenvalue weighted by Gasteiger charge is -2.17. The summed E-state index contributed by atoms with van der Waals surface area (Å²) < 4.78 is 0. The van der Waals surface area contributed by atoms with Gasteiger partial charge in [-0.25, -0.2) is 0 Å². The molecule has 6 heteroatoms. The van der Waals surface area contributed by atoms with Crippen LogP contribution in [0.1, 0.15) is 15.2 Å². The van der Waals surface area contributed by atoms with Crippen LogP contribution in [-0.2, 0) is 5.75 Å². The quantitative estimate of drug-likeness (QED) is 0.846. The summed E-state index contributed by atoms with van der Waals surface area (Å²) in [7, 11) is 0. The average molecular weight is 316 g/mol. The zero-order valence-corrected chi connectivity index (χ0v) is 12.1. The molecule has 0 bridgehead atoms. The Morgan fingerprint density at radius 3 is 2.78 bits per heavy atom. The Balaban J connectivity index is 2.24. The van der Waals surface area contributed by atoms with Gasteiger partial charge in [0.25, 0.3) is 5.91 Å². The van der Waals surface area contributed by atoms with Gasteiger partial charge in [0.1, 0.15) is 0 Å². The minimum atomic E-state index is -0.394. The van der Waals surface area contributed by atoms with Crippen molar-refractivity contribution in [1.29, 1.82) is 0 Å². The molecule has 2 aromatic rings. The maximum Gasteiger partial charge on any atom is 0.258 e. The molecule has 0 radical (unpaired) electrons. The summed E-state index contributed by atoms with van der Waals surface area (Å²) in [5.74, 6) is 0.405. The third-order valence-electron chi connectivity index (χ3n) is 2.68. The monoisotopic (exact) mass is 315 g/mol. The molecule has 2 heterocycles. The van der Waals surface area contributed by atoms with E-state index < -0.39 is 5.91 Å². The molecule has 0 unspecified atom stereocenters. The van der Waals surface area contributed by atoms with Gasteiger partial charge in [-0.15, -0.1) is 23.1 Å². The van der Waals surface area contributed by atoms with Gasteiger partial charge in [0.15, 0.2) is 0 Å². The molecule has 2 N–H and O–H groups in total. The van der Waals surface area contributed by atoms with Crippen molar-refractivity contribution in [3.05, 3.63) is 38.7 Å². The molecule has 3 rings (SSSR count). The summed E-state index contributed by atoms with van der Waals surface area (Å²) in [6.07, 6.45) is 0. The van der Waals surface area contributed by atoms with Crippen molar-refractivity contribution < 1.29 is 4.79 Å². The van der Waals surface area contributed by atoms with Crippen molar-refractivity contribution >= 4 is 52.2 Å². The molecule has 1 aromatic heterocycles. The van der Waals surface area contributed by atoms with Crippen LogP contribution < -0.4 is 5.73 Å². The third-order valence-corrected chi connectivity index (χ3v) is 5.71. The number of halogens is 2. The number of carbonyl (C=O) groups is 1. The topological polar surface area (TPSA) is 43.1 Å². The lowest BCUT2D eigenvalue weighted by Crippen LogP contribution is -2.08. The second-order valence-corrected chi connectivity index (χ2v) is 6.76. The van der Waals surface area contributed by atoms with Crippen LogP contribution >= 0.6 is 46.3 Å². The fourth-order valence-electron chi connectivity index (χ4n) is 1.91. The first kappa shape index (κ1) is 12.4. The van der Waals surface area contributed by atoms with Crippen LogP contribution in [0, 0.1) is 0 Å². The normalized spacial score (nSPS) is 13.0. The van der Waals surface area contributed by atoms with E-state index in [-0.39, 0.29) is 0 Å². The van der Waals surface area contributed by atoms with Crippen LogP contribution in [0.25, 0.3) is 10.4 Å². The first-order chi connectivity index (χ1) is 8.56. The molecule has 1 aliphatic rings. The highest BCUT2D eigenvalue weighted by Crippen LogP contribution is 2.49. The zero-order valence-electron chi connectivity index (χ0n) is 9.00. The number of fused-ring (bicyclic) bond motifs is 3. The molecule has 0 aliphatic carbocycles. The fraction of sp³-hybridized carbons (Fsp3) is 0.0833. The summed E-state index contributed by atoms with van der Waals surface area (Å²) in [4.78, 5) is 13.9. The van der Waals surface area contributed by atoms with Gasteiger partial charge < -0.3 is 5.73 Å². The van der Waals surface area contributed by atoms with E-state index in [4.69, 9.17) is 28.9 Å². The van der Waals surface area contributed by atoms with Crippen molar-refractivity contribution in [2.45, 2.75) is 10.6 Å². The number of thiophene rings is 1. The van der Waals surface area contributed by atoms with Gasteiger partial charge in [-0.3, -0.25) is 4.79 Å². The first-order valence-corrected chi connectivity index (χ1v) is 7.67. The Morgan fingerprint density at radius 2 is 2.06 bits per heavy atom. The number of hydrogen-bond donors (Lipinski definition) is 1. The highest BCUT2D eigenvalue weighted by atomic mass is 35.5. The van der Waals surface area contributed by atoms with E-state index >= 15 is 0 Å². The molecule has 0 atom stereocenters. The van der Waals surface area contributed by atoms with Crippen LogP contribution in [0.15, 0.2) is 23.1 Å². The summed E-state index contributed by atoms with van der Waals surface area (Å²) >= 11 is 15.3. The number of hydrogen-bond acceptors (Lipinski definition) is 3. The Bertz CT molecular complexity index is 666. The smallest absolute Gasteiger partial charge is 0.258 e. The van der Waals surface area contributed by atoms with Gasteiger partial charge in [0.05, 0.1) is 9.90 Å². The molecular weight excluding hydrogens is 309 g/mol. The largest absolute Gasteiger partial charge is 0.365 e. The Kier molecular flexibility index (Phi) is 3.06. The second kappa shape index (κ2) is 4.46. The predicted octanol–water partition coefficient (Wildman–Crippen LogP) is 4.43. The maximum absolute atomic E-state index is 11.2. The highest BCUT2D eigenvalue weighted by molar-refractivity contribution is 7.99. The molecule has 2 nitrogen and oxygen atoms in total. The van der Waals surface area contributed by atoms with Crippen molar-refractivity contribution in [2.24, 2.45) is 5.73 Å². The molecule has 0 spiro atoms. The number of amides is 1. The third kappa shape index (κ3) is 1.93. The number of thioether (sulfide) groups is 1. The Morgan fingerprint density at radius 1 is 1.28 bits per heavy atom. The number of carbonyl (C=O) groups excluding carboxylic acids is 1. The van der Waals surface area contributed by atoms with Gasteiger partial charge in [-0.05, 0) is 23.8 Å². The van der Waals surface area contributed by atoms with Crippen LogP contribution in [0.5, 0.6) is 0 Å². The van der Waals surface area contributed by atoms with E-state index in [1.165, 1.54) is 11.3 Å². The van der Waals surface area contributed by atoms with Gasteiger partial charge >= 0.3 is 0 Å². The van der Waals surface area contributed by atoms with E-state index in [0.717, 1.165) is 26.7 Å². The molecule has 0 fully saturated rings. The predicted molar refractivity (Wildman–Crippen MR) is 77.9 cm³/mol. The van der Waals surface area contributed by atoms with Crippen LogP contribution in [0.3, 0.4) is 0 Å². The summed E-state index contributed by atoms with van der Waals surface area (Å²) in [6.45, 7) is 0. The molecule has 1 amide bonds. The maximum atomic E-state index is 11.2. The first-order valence-electron chi connectivity index (χ1n) is 5.11. The van der Waals surface area contributed by atoms with Gasteiger partial charge in [-0.2, -0.15) is 0 Å². The van der Waals surface area contributed by atoms with E-state index in [1.54, 1.807) is 17.8 Å². The van der Waals surface area contributed by atoms with Crippen LogP contribution in [0.2, 0.25) is 10.0 Å². The molecule has 0 saturated heterocycles. The lowest BCUT2D eigenvalue weighted by atomic mass is 10.1. The van der Waals surface area contributed by atoms with Crippen molar-refractivity contribution in [1.82, 2.24) is 0 Å². The second-order valence-electron chi connectivity index (χ2n) is 3.88. The summed E-state index contributed by atoms with van der Waals surface area (Å²) in [5.41, 5.74) is 7.43. The highest BCUT2D eigenvalue weighted by Gasteiger charge is 2.23. The van der Waals surface area contributed by atoms with Crippen molar-refractivity contribution in [2.75, 3.05) is 0 Å². The Hall–Kier alpha value is -0.680. The standard InChI is InChI=1S/C12H7Cl2NOS2/c13-6-2-7-10-5(1-9(18-10)12(15)16)4-17-11(7)8(14)3-6/h1-3H,4H2,(H2,15,16). The fourth-order valence-corrected chi connectivity index (χ4v) is 4.82. The number of primary amides is 1. The summed E-state index contributed by atoms with van der Waals surface area (Å²) in [5, 5.41) is 1.25. The van der Waals surface area contributed by atoms with E-state index in [0.29, 0.717) is 14.9 Å². The Labute approximate surface area is 122 Å². The van der Waals surface area contributed by atoms with Gasteiger partial charge in [0, 0.05) is 26.1 Å². The molecular formula is C12H7Cl2NOS2. The minimum Gasteiger partial charge on any atom is -0.365 e. The van der Waals surface area contributed by atoms with Gasteiger partial charge in [-0.1, -0.05) is 23.2 Å². The van der Waals surface area contributed by atoms with E-state index in [9.17, 15) is 4.79 Å². The molecule has 1 aromatic carbocycles. The van der Waals surface area contributed by atoms with Crippen LogP contribution in [0.4, 0.5) is 0 Å². The average Bonchev–Trinajstić information content (AvgIpc) is 2.72. The van der Waals surface area contributed by atoms with Crippen molar-refractivity contribution in [3.63, 3.8) is 0 Å². The molecule has 0 saturated carbocycles. The molecule has 92 valence electrons. The molecule has 18 heavy (non-hydrogen) atoms. The van der Waals surface area contributed by atoms with E-state index in [1.807, 2.05) is 12.1 Å². The number of rotatable bonds is 1. The van der Waals surface area contributed by atoms with Crippen molar-refractivity contribution in [3.8, 4) is 10.4 Å². The number of benzene rings is 1.